The van der Waals surface area contributed by atoms with E-state index in [2.05, 4.69) is 123 Å². The van der Waals surface area contributed by atoms with Crippen LogP contribution in [0, 0.1) is 13.8 Å². The van der Waals surface area contributed by atoms with Crippen LogP contribution in [0.1, 0.15) is 70.8 Å². The predicted molar refractivity (Wildman–Crippen MR) is 176 cm³/mol. The molecule has 0 aliphatic heterocycles. The van der Waals surface area contributed by atoms with Crippen LogP contribution in [0.25, 0.3) is 0 Å². The third-order valence-electron chi connectivity index (χ3n) is 6.13. The van der Waals surface area contributed by atoms with Crippen molar-refractivity contribution < 1.29 is 17.1 Å². The van der Waals surface area contributed by atoms with Crippen LogP contribution in [-0.2, 0) is 17.1 Å². The number of hydrogen-bond donors (Lipinski definition) is 0. The molecule has 38 heavy (non-hydrogen) atoms. The van der Waals surface area contributed by atoms with Crippen molar-refractivity contribution in [3.05, 3.63) is 108 Å². The Balaban J connectivity index is 0.000000756. The molecule has 4 rings (SSSR count). The topological polar surface area (TPSA) is 0 Å². The zero-order valence-electron chi connectivity index (χ0n) is 24.5. The number of rotatable bonds is 6. The van der Waals surface area contributed by atoms with E-state index in [1.807, 2.05) is 30.3 Å². The average molecular weight is 603 g/mol. The molecule has 0 spiro atoms. The molecule has 4 aromatic rings. The van der Waals surface area contributed by atoms with Crippen LogP contribution in [0.15, 0.2) is 91.0 Å². The van der Waals surface area contributed by atoms with E-state index in [0.29, 0.717) is 16.0 Å². The van der Waals surface area contributed by atoms with Gasteiger partial charge in [-0.1, -0.05) is 97.0 Å². The van der Waals surface area contributed by atoms with Gasteiger partial charge in [0, 0.05) is 17.1 Å². The fourth-order valence-corrected chi connectivity index (χ4v) is 11.0. The molecule has 0 radical (unpaired) electrons. The van der Waals surface area contributed by atoms with Gasteiger partial charge in [-0.2, -0.15) is 0 Å². The first kappa shape index (κ1) is 33.2. The largest absolute Gasteiger partial charge is 0.748 e. The van der Waals surface area contributed by atoms with E-state index in [4.69, 9.17) is 0 Å². The Hall–Kier alpha value is -1.05. The van der Waals surface area contributed by atoms with Crippen molar-refractivity contribution in [2.75, 3.05) is 0 Å². The van der Waals surface area contributed by atoms with Gasteiger partial charge in [-0.3, -0.25) is 0 Å². The maximum Gasteiger partial charge on any atom is 0 e. The van der Waals surface area contributed by atoms with E-state index in [1.165, 1.54) is 21.7 Å². The van der Waals surface area contributed by atoms with Crippen LogP contribution in [0.5, 0.6) is 0 Å². The Kier molecular flexibility index (Phi) is 12.7. The summed E-state index contributed by atoms with van der Waals surface area (Å²) in [5, 5.41) is 6.84. The molecular weight excluding hydrogens is 557 g/mol. The van der Waals surface area contributed by atoms with Gasteiger partial charge in [0.1, 0.15) is 0 Å². The van der Waals surface area contributed by atoms with Gasteiger partial charge < -0.3 is 30.3 Å². The van der Waals surface area contributed by atoms with Crippen LogP contribution < -0.4 is 21.2 Å². The van der Waals surface area contributed by atoms with Crippen molar-refractivity contribution >= 4 is 46.3 Å². The van der Waals surface area contributed by atoms with Crippen LogP contribution in [0.4, 0.5) is 0 Å². The van der Waals surface area contributed by atoms with Crippen molar-refractivity contribution in [3.8, 4) is 0 Å². The maximum atomic E-state index is 2.51. The van der Waals surface area contributed by atoms with Crippen molar-refractivity contribution in [3.63, 3.8) is 0 Å². The molecule has 4 aromatic carbocycles. The van der Waals surface area contributed by atoms with Gasteiger partial charge in [-0.15, -0.1) is 33.3 Å². The molecule has 0 N–H and O–H groups in total. The van der Waals surface area contributed by atoms with Gasteiger partial charge in [0.15, 0.2) is 0 Å². The Morgan fingerprint density at radius 2 is 0.974 bits per heavy atom. The summed E-state index contributed by atoms with van der Waals surface area (Å²) in [6.07, 6.45) is 0. The van der Waals surface area contributed by atoms with Gasteiger partial charge in [-0.05, 0) is 59.5 Å². The molecule has 0 saturated carbocycles. The number of aryl methyl sites for hydroxylation is 2. The van der Waals surface area contributed by atoms with Crippen LogP contribution in [0.3, 0.4) is 0 Å². The number of benzene rings is 2. The summed E-state index contributed by atoms with van der Waals surface area (Å²) in [6, 6.07) is 33.0. The average Bonchev–Trinajstić information content (AvgIpc) is 3.48. The molecule has 0 nitrogen and oxygen atoms in total. The van der Waals surface area contributed by atoms with Gasteiger partial charge in [0.2, 0.25) is 0 Å². The van der Waals surface area contributed by atoms with E-state index < -0.39 is 7.92 Å². The minimum Gasteiger partial charge on any atom is -0.748 e. The smallest absolute Gasteiger partial charge is 0 e. The Labute approximate surface area is 248 Å². The number of hydrogen-bond acceptors (Lipinski definition) is 0. The van der Waals surface area contributed by atoms with Gasteiger partial charge in [-0.25, -0.2) is 12.1 Å². The molecule has 210 valence electrons. The molecule has 4 heteroatoms. The summed E-state index contributed by atoms with van der Waals surface area (Å²) in [7, 11) is 1.15. The minimum absolute atomic E-state index is 0. The van der Waals surface area contributed by atoms with Gasteiger partial charge in [0.05, 0.1) is 0 Å². The summed E-state index contributed by atoms with van der Waals surface area (Å²) in [6.45, 7) is 21.4. The van der Waals surface area contributed by atoms with Crippen molar-refractivity contribution in [2.45, 2.75) is 78.3 Å². The Morgan fingerprint density at radius 1 is 0.632 bits per heavy atom. The predicted octanol–water partition coefficient (Wildman–Crippen LogP) is 8.82. The molecule has 0 bridgehead atoms. The molecule has 0 aliphatic carbocycles. The fourth-order valence-electron chi connectivity index (χ4n) is 4.63. The zero-order valence-corrected chi connectivity index (χ0v) is 28.5. The molecule has 0 saturated heterocycles. The van der Waals surface area contributed by atoms with Crippen molar-refractivity contribution in [2.24, 2.45) is 0 Å². The van der Waals surface area contributed by atoms with Crippen LogP contribution in [-0.4, -0.2) is 10.3 Å². The van der Waals surface area contributed by atoms with Gasteiger partial charge in [0.25, 0.3) is 0 Å². The zero-order chi connectivity index (χ0) is 27.2. The maximum absolute atomic E-state index is 2.51. The normalized spacial score (nSPS) is 13.1. The third-order valence-corrected chi connectivity index (χ3v) is 12.1. The molecule has 0 amide bonds. The van der Waals surface area contributed by atoms with Gasteiger partial charge >= 0.3 is 0 Å². The molecule has 0 aromatic heterocycles. The SMILES string of the molecule is Cc1ccccc1P(c1ccccc1C)C(C)[c-]1c(PC(C)(C)C)ccc1PC(C)(C)C.[Fe].[cH-]1[cH-][cH-][cH-][cH-]1. The molecule has 3 unspecified atom stereocenters. The molecule has 0 fully saturated rings. The molecule has 3 atom stereocenters. The monoisotopic (exact) mass is 602 g/mol. The van der Waals surface area contributed by atoms with E-state index in [1.54, 1.807) is 16.2 Å². The minimum atomic E-state index is -0.511. The first-order valence-corrected chi connectivity index (χ1v) is 16.7. The molecule has 0 aliphatic rings. The second-order valence-electron chi connectivity index (χ2n) is 11.9. The summed E-state index contributed by atoms with van der Waals surface area (Å²) < 4.78 is 0. The quantitative estimate of drug-likeness (QED) is 0.118. The van der Waals surface area contributed by atoms with Crippen LogP contribution in [0.2, 0.25) is 0 Å². The van der Waals surface area contributed by atoms with Crippen molar-refractivity contribution in [1.82, 2.24) is 0 Å². The first-order chi connectivity index (χ1) is 17.4. The summed E-state index contributed by atoms with van der Waals surface area (Å²) >= 11 is 0. The third kappa shape index (κ3) is 9.55. The standard InChI is InChI=1S/C29H40P3.C5H5.Fe/c1-20-14-10-12-16-25(20)32(26-17-13-11-15-21(26)2)22(3)27-23(30-28(4,5)6)18-19-24(27)31-29(7,8)9;1-2-4-5-3-1;/h10-19,22,30-31H,1-9H3;1-5H;/q-1;-5;. The Bertz CT molecular complexity index is 1140. The second-order valence-corrected chi connectivity index (χ2v) is 19.0. The summed E-state index contributed by atoms with van der Waals surface area (Å²) in [5.74, 6) is 0. The van der Waals surface area contributed by atoms with E-state index in [0.717, 1.165) is 17.2 Å². The first-order valence-electron chi connectivity index (χ1n) is 13.3. The second kappa shape index (κ2) is 14.5. The van der Waals surface area contributed by atoms with E-state index >= 15 is 0 Å². The molecule has 0 heterocycles. The fraction of sp³-hybridized carbons (Fsp3) is 0.353. The van der Waals surface area contributed by atoms with Crippen LogP contribution >= 0.6 is 25.1 Å². The van der Waals surface area contributed by atoms with E-state index in [9.17, 15) is 0 Å². The van der Waals surface area contributed by atoms with E-state index in [-0.39, 0.29) is 17.1 Å². The molecular formula is C34H45FeP3-6. The summed E-state index contributed by atoms with van der Waals surface area (Å²) in [4.78, 5) is 0. The van der Waals surface area contributed by atoms with Crippen molar-refractivity contribution in [1.29, 1.82) is 0 Å². The summed E-state index contributed by atoms with van der Waals surface area (Å²) in [5.41, 5.74) is 4.96. The Morgan fingerprint density at radius 3 is 1.29 bits per heavy atom.